The van der Waals surface area contributed by atoms with E-state index in [4.69, 9.17) is 16.3 Å². The largest absolute Gasteiger partial charge is 0.493 e. The second-order valence-corrected chi connectivity index (χ2v) is 6.46. The molecule has 0 atom stereocenters. The van der Waals surface area contributed by atoms with Crippen LogP contribution in [0.15, 0.2) is 48.5 Å². The molecule has 0 unspecified atom stereocenters. The van der Waals surface area contributed by atoms with E-state index in [1.165, 1.54) is 0 Å². The molecule has 0 fully saturated rings. The Balaban J connectivity index is 1.84. The van der Waals surface area contributed by atoms with E-state index >= 15 is 0 Å². The maximum Gasteiger partial charge on any atom is 0.226 e. The number of ether oxygens (including phenoxy) is 1. The number of halogens is 1. The highest BCUT2D eigenvalue weighted by Crippen LogP contribution is 2.16. The van der Waals surface area contributed by atoms with E-state index < -0.39 is 0 Å². The van der Waals surface area contributed by atoms with E-state index in [2.05, 4.69) is 29.2 Å². The van der Waals surface area contributed by atoms with Crippen molar-refractivity contribution in [1.29, 1.82) is 0 Å². The van der Waals surface area contributed by atoms with E-state index in [1.54, 1.807) is 24.3 Å². The first kappa shape index (κ1) is 19.1. The predicted molar refractivity (Wildman–Crippen MR) is 103 cm³/mol. The number of amides is 1. The minimum Gasteiger partial charge on any atom is -0.493 e. The van der Waals surface area contributed by atoms with Crippen molar-refractivity contribution in [2.24, 2.45) is 0 Å². The Morgan fingerprint density at radius 2 is 1.68 bits per heavy atom. The first-order valence-electron chi connectivity index (χ1n) is 8.42. The van der Waals surface area contributed by atoms with Crippen LogP contribution in [0, 0.1) is 0 Å². The number of rotatable bonds is 8. The molecular formula is C20H25ClN2O2. The number of hydrogen-bond donors (Lipinski definition) is 0. The Morgan fingerprint density at radius 3 is 2.24 bits per heavy atom. The van der Waals surface area contributed by atoms with Crippen molar-refractivity contribution in [3.63, 3.8) is 0 Å². The molecule has 25 heavy (non-hydrogen) atoms. The lowest BCUT2D eigenvalue weighted by Gasteiger charge is -2.22. The van der Waals surface area contributed by atoms with Crippen LogP contribution in [-0.2, 0) is 11.3 Å². The summed E-state index contributed by atoms with van der Waals surface area (Å²) in [5.74, 6) is 0.813. The van der Waals surface area contributed by atoms with Gasteiger partial charge in [-0.05, 0) is 48.9 Å². The van der Waals surface area contributed by atoms with Gasteiger partial charge in [0, 0.05) is 37.9 Å². The number of hydrogen-bond acceptors (Lipinski definition) is 3. The highest BCUT2D eigenvalue weighted by molar-refractivity contribution is 6.30. The van der Waals surface area contributed by atoms with Gasteiger partial charge in [0.25, 0.3) is 0 Å². The van der Waals surface area contributed by atoms with Crippen molar-refractivity contribution in [2.75, 3.05) is 32.1 Å². The maximum absolute atomic E-state index is 12.4. The van der Waals surface area contributed by atoms with Crippen molar-refractivity contribution in [1.82, 2.24) is 4.90 Å². The first-order chi connectivity index (χ1) is 12.0. The molecule has 0 saturated heterocycles. The van der Waals surface area contributed by atoms with Gasteiger partial charge in [0.05, 0.1) is 13.0 Å². The van der Waals surface area contributed by atoms with Crippen LogP contribution >= 0.6 is 11.6 Å². The van der Waals surface area contributed by atoms with Crippen LogP contribution < -0.4 is 9.64 Å². The molecule has 4 nitrogen and oxygen atoms in total. The highest BCUT2D eigenvalue weighted by atomic mass is 35.5. The topological polar surface area (TPSA) is 32.8 Å². The summed E-state index contributed by atoms with van der Waals surface area (Å²) >= 11 is 5.84. The summed E-state index contributed by atoms with van der Waals surface area (Å²) in [5.41, 5.74) is 2.27. The Bertz CT molecular complexity index is 669. The second-order valence-electron chi connectivity index (χ2n) is 6.02. The zero-order valence-corrected chi connectivity index (χ0v) is 15.8. The molecule has 0 aliphatic rings. The molecule has 0 radical (unpaired) electrons. The van der Waals surface area contributed by atoms with Crippen LogP contribution in [0.1, 0.15) is 18.9 Å². The lowest BCUT2D eigenvalue weighted by atomic mass is 10.2. The molecule has 0 aliphatic heterocycles. The summed E-state index contributed by atoms with van der Waals surface area (Å²) < 4.78 is 5.61. The maximum atomic E-state index is 12.4. The van der Waals surface area contributed by atoms with Gasteiger partial charge in [-0.15, -0.1) is 0 Å². The van der Waals surface area contributed by atoms with Gasteiger partial charge in [-0.25, -0.2) is 0 Å². The van der Waals surface area contributed by atoms with Crippen LogP contribution in [-0.4, -0.2) is 38.1 Å². The second kappa shape index (κ2) is 9.33. The number of carbonyl (C=O) groups is 1. The highest BCUT2D eigenvalue weighted by Gasteiger charge is 2.12. The third-order valence-corrected chi connectivity index (χ3v) is 4.21. The number of anilines is 1. The van der Waals surface area contributed by atoms with Gasteiger partial charge in [-0.1, -0.05) is 23.7 Å². The van der Waals surface area contributed by atoms with E-state index in [9.17, 15) is 4.79 Å². The molecule has 0 aromatic heterocycles. The molecule has 0 aliphatic carbocycles. The quantitative estimate of drug-likeness (QED) is 0.706. The van der Waals surface area contributed by atoms with Crippen LogP contribution in [0.5, 0.6) is 5.75 Å². The predicted octanol–water partition coefficient (Wildman–Crippen LogP) is 4.22. The molecular weight excluding hydrogens is 336 g/mol. The molecule has 0 saturated carbocycles. The third-order valence-electron chi connectivity index (χ3n) is 3.96. The zero-order chi connectivity index (χ0) is 18.2. The van der Waals surface area contributed by atoms with E-state index in [0.717, 1.165) is 17.0 Å². The molecule has 2 aromatic rings. The van der Waals surface area contributed by atoms with Crippen molar-refractivity contribution < 1.29 is 9.53 Å². The lowest BCUT2D eigenvalue weighted by molar-refractivity contribution is -0.132. The summed E-state index contributed by atoms with van der Waals surface area (Å²) in [5, 5.41) is 0.667. The molecule has 0 spiro atoms. The fraction of sp³-hybridized carbons (Fsp3) is 0.350. The zero-order valence-electron chi connectivity index (χ0n) is 15.0. The number of carbonyl (C=O) groups excluding carboxylic acids is 1. The molecule has 2 aromatic carbocycles. The third kappa shape index (κ3) is 5.98. The lowest BCUT2D eigenvalue weighted by Crippen LogP contribution is -2.31. The van der Waals surface area contributed by atoms with Gasteiger partial charge in [-0.3, -0.25) is 4.79 Å². The Kier molecular flexibility index (Phi) is 7.14. The van der Waals surface area contributed by atoms with Gasteiger partial charge in [-0.2, -0.15) is 0 Å². The Morgan fingerprint density at radius 1 is 1.04 bits per heavy atom. The summed E-state index contributed by atoms with van der Waals surface area (Å²) in [4.78, 5) is 16.3. The minimum absolute atomic E-state index is 0.0909. The standard InChI is InChI=1S/C20H25ClN2O2/c1-4-23(15-16-5-9-18(10-6-16)22(2)3)20(24)13-14-25-19-11-7-17(21)8-12-19/h5-12H,4,13-15H2,1-3H3. The van der Waals surface area contributed by atoms with Gasteiger partial charge < -0.3 is 14.5 Å². The fourth-order valence-corrected chi connectivity index (χ4v) is 2.57. The number of nitrogens with zero attached hydrogens (tertiary/aromatic N) is 2. The minimum atomic E-state index is 0.0909. The van der Waals surface area contributed by atoms with Crippen molar-refractivity contribution >= 4 is 23.2 Å². The molecule has 0 N–H and O–H groups in total. The summed E-state index contributed by atoms with van der Waals surface area (Å²) in [6, 6.07) is 15.4. The summed E-state index contributed by atoms with van der Waals surface area (Å²) in [6.07, 6.45) is 0.353. The Hall–Kier alpha value is -2.20. The first-order valence-corrected chi connectivity index (χ1v) is 8.79. The summed E-state index contributed by atoms with van der Waals surface area (Å²) in [6.45, 7) is 3.64. The molecule has 2 rings (SSSR count). The molecule has 0 heterocycles. The van der Waals surface area contributed by atoms with Crippen LogP contribution in [0.2, 0.25) is 5.02 Å². The van der Waals surface area contributed by atoms with Crippen molar-refractivity contribution in [3.05, 3.63) is 59.1 Å². The SMILES string of the molecule is CCN(Cc1ccc(N(C)C)cc1)C(=O)CCOc1ccc(Cl)cc1. The van der Waals surface area contributed by atoms with E-state index in [1.807, 2.05) is 25.9 Å². The van der Waals surface area contributed by atoms with E-state index in [-0.39, 0.29) is 5.91 Å². The van der Waals surface area contributed by atoms with Crippen LogP contribution in [0.25, 0.3) is 0 Å². The monoisotopic (exact) mass is 360 g/mol. The average molecular weight is 361 g/mol. The fourth-order valence-electron chi connectivity index (χ4n) is 2.44. The van der Waals surface area contributed by atoms with Gasteiger partial charge in [0.2, 0.25) is 5.91 Å². The molecule has 5 heteroatoms. The smallest absolute Gasteiger partial charge is 0.226 e. The van der Waals surface area contributed by atoms with Crippen molar-refractivity contribution in [3.8, 4) is 5.75 Å². The summed E-state index contributed by atoms with van der Waals surface area (Å²) in [7, 11) is 4.02. The van der Waals surface area contributed by atoms with Gasteiger partial charge in [0.15, 0.2) is 0 Å². The Labute approximate surface area is 155 Å². The molecule has 1 amide bonds. The van der Waals surface area contributed by atoms with Gasteiger partial charge in [0.1, 0.15) is 5.75 Å². The van der Waals surface area contributed by atoms with Crippen molar-refractivity contribution in [2.45, 2.75) is 19.9 Å². The van der Waals surface area contributed by atoms with Crippen LogP contribution in [0.4, 0.5) is 5.69 Å². The average Bonchev–Trinajstić information content (AvgIpc) is 2.61. The molecule has 0 bridgehead atoms. The normalized spacial score (nSPS) is 10.4. The van der Waals surface area contributed by atoms with E-state index in [0.29, 0.717) is 31.1 Å². The molecule has 134 valence electrons. The van der Waals surface area contributed by atoms with Crippen LogP contribution in [0.3, 0.4) is 0 Å². The number of benzene rings is 2. The van der Waals surface area contributed by atoms with Gasteiger partial charge >= 0.3 is 0 Å².